The molecule has 3 rings (SSSR count). The van der Waals surface area contributed by atoms with E-state index >= 15 is 0 Å². The second-order valence-electron chi connectivity index (χ2n) is 9.77. The van der Waals surface area contributed by atoms with Crippen LogP contribution in [0.2, 0.25) is 0 Å². The Kier molecular flexibility index (Phi) is 11.8. The standard InChI is InChI=1S/C21H37NO18S/c1-6-11(26)13(28)14(29)20(35-6)39-17-10(22-7(2)25)19(34-3)37-9(5-24)16(17)38-21-15(30)18(40-41(31,32)33)12(27)8(4-23)36-21/h6,8-21,23-24,26-30H,4-5H2,1-3H3,(H,22,25)(H,31,32,33)/t6-,8+,9+,10+,11+,12-,13+,14-,15+,16+,17+,18-,19+,20-,21-/m0/s1. The SMILES string of the molecule is CO[C@@H]1O[C@H](CO)[C@@H](O[C@@H]2O[C@H](CO)[C@H](O)[C@H](OS(=O)(=O)O)[C@H]2O)[C@H](O[C@@H]2O[C@@H](C)[C@@H](O)[C@@H](O)[C@@H]2O)[C@H]1NC(C)=O. The van der Waals surface area contributed by atoms with Crippen LogP contribution >= 0.6 is 0 Å². The smallest absolute Gasteiger partial charge is 0.394 e. The first kappa shape index (κ1) is 34.3. The first-order valence-electron chi connectivity index (χ1n) is 12.5. The molecule has 3 aliphatic heterocycles. The molecule has 3 fully saturated rings. The number of hydrogen-bond donors (Lipinski definition) is 9. The highest BCUT2D eigenvalue weighted by atomic mass is 32.3. The summed E-state index contributed by atoms with van der Waals surface area (Å²) in [6.07, 6.45) is -23.3. The van der Waals surface area contributed by atoms with Gasteiger partial charge in [-0.15, -0.1) is 0 Å². The van der Waals surface area contributed by atoms with Gasteiger partial charge in [0.2, 0.25) is 5.91 Å². The second-order valence-corrected chi connectivity index (χ2v) is 10.8. The molecule has 0 spiro atoms. The number of aliphatic hydroxyl groups excluding tert-OH is 7. The van der Waals surface area contributed by atoms with E-state index in [0.29, 0.717) is 0 Å². The predicted octanol–water partition coefficient (Wildman–Crippen LogP) is -5.92. The lowest BCUT2D eigenvalue weighted by molar-refractivity contribution is -0.371. The van der Waals surface area contributed by atoms with Crippen LogP contribution in [0, 0.1) is 0 Å². The molecule has 3 aliphatic rings. The Morgan fingerprint density at radius 2 is 1.34 bits per heavy atom. The number of methoxy groups -OCH3 is 1. The maximum absolute atomic E-state index is 12.1. The van der Waals surface area contributed by atoms with Gasteiger partial charge in [-0.05, 0) is 6.92 Å². The van der Waals surface area contributed by atoms with Gasteiger partial charge >= 0.3 is 10.4 Å². The lowest BCUT2D eigenvalue weighted by Crippen LogP contribution is -2.69. The maximum atomic E-state index is 12.1. The molecule has 0 aliphatic carbocycles. The predicted molar refractivity (Wildman–Crippen MR) is 127 cm³/mol. The lowest BCUT2D eigenvalue weighted by Gasteiger charge is -2.50. The minimum Gasteiger partial charge on any atom is -0.394 e. The number of amides is 1. The third-order valence-electron chi connectivity index (χ3n) is 6.87. The number of rotatable bonds is 10. The molecule has 0 aromatic rings. The van der Waals surface area contributed by atoms with Gasteiger partial charge in [0.05, 0.1) is 19.3 Å². The molecule has 0 aromatic heterocycles. The van der Waals surface area contributed by atoms with Gasteiger partial charge in [0.1, 0.15) is 67.1 Å². The summed E-state index contributed by atoms with van der Waals surface area (Å²) in [7, 11) is -4.02. The number of carbonyl (C=O) groups excluding carboxylic acids is 1. The molecule has 3 heterocycles. The summed E-state index contributed by atoms with van der Waals surface area (Å²) >= 11 is 0. The quantitative estimate of drug-likeness (QED) is 0.102. The van der Waals surface area contributed by atoms with Gasteiger partial charge < -0.3 is 69.5 Å². The van der Waals surface area contributed by atoms with E-state index in [1.165, 1.54) is 14.0 Å². The van der Waals surface area contributed by atoms with Crippen LogP contribution in [0.5, 0.6) is 0 Å². The number of ether oxygens (including phenoxy) is 6. The van der Waals surface area contributed by atoms with Crippen molar-refractivity contribution in [2.75, 3.05) is 20.3 Å². The summed E-state index contributed by atoms with van der Waals surface area (Å²) in [6.45, 7) is 0.799. The molecule has 0 unspecified atom stereocenters. The van der Waals surface area contributed by atoms with Crippen LogP contribution in [-0.2, 0) is 47.8 Å². The summed E-state index contributed by atoms with van der Waals surface area (Å²) < 4.78 is 69.8. The normalized spacial score (nSPS) is 45.8. The summed E-state index contributed by atoms with van der Waals surface area (Å²) in [4.78, 5) is 12.1. The van der Waals surface area contributed by atoms with Crippen molar-refractivity contribution in [2.24, 2.45) is 0 Å². The Balaban J connectivity index is 1.99. The van der Waals surface area contributed by atoms with Crippen LogP contribution in [0.25, 0.3) is 0 Å². The highest BCUT2D eigenvalue weighted by Crippen LogP contribution is 2.34. The average Bonchev–Trinajstić information content (AvgIpc) is 2.90. The van der Waals surface area contributed by atoms with E-state index in [1.54, 1.807) is 0 Å². The summed E-state index contributed by atoms with van der Waals surface area (Å²) in [5.41, 5.74) is 0. The fraction of sp³-hybridized carbons (Fsp3) is 0.952. The molecule has 0 aromatic carbocycles. The van der Waals surface area contributed by atoms with Crippen LogP contribution in [-0.4, -0.2) is 167 Å². The van der Waals surface area contributed by atoms with Crippen molar-refractivity contribution in [1.29, 1.82) is 0 Å². The van der Waals surface area contributed by atoms with E-state index in [0.717, 1.165) is 6.92 Å². The van der Waals surface area contributed by atoms with Crippen LogP contribution in [0.3, 0.4) is 0 Å². The molecule has 20 heteroatoms. The van der Waals surface area contributed by atoms with Gasteiger partial charge in [0, 0.05) is 14.0 Å². The highest BCUT2D eigenvalue weighted by molar-refractivity contribution is 7.80. The first-order valence-corrected chi connectivity index (χ1v) is 13.8. The molecule has 1 amide bonds. The van der Waals surface area contributed by atoms with E-state index in [4.69, 9.17) is 33.0 Å². The topological polar surface area (TPSA) is 290 Å². The molecule has 19 nitrogen and oxygen atoms in total. The van der Waals surface area contributed by atoms with E-state index < -0.39 is 122 Å². The van der Waals surface area contributed by atoms with E-state index in [2.05, 4.69) is 9.50 Å². The van der Waals surface area contributed by atoms with Gasteiger partial charge in [-0.3, -0.25) is 9.35 Å². The molecule has 0 saturated carbocycles. The van der Waals surface area contributed by atoms with Gasteiger partial charge in [-0.2, -0.15) is 8.42 Å². The molecule has 41 heavy (non-hydrogen) atoms. The van der Waals surface area contributed by atoms with Crippen LogP contribution in [0.15, 0.2) is 0 Å². The highest BCUT2D eigenvalue weighted by Gasteiger charge is 2.55. The number of nitrogens with one attached hydrogen (secondary N) is 1. The minimum absolute atomic E-state index is 0.622. The zero-order valence-corrected chi connectivity index (χ0v) is 23.0. The zero-order chi connectivity index (χ0) is 30.8. The van der Waals surface area contributed by atoms with Crippen LogP contribution < -0.4 is 5.32 Å². The maximum Gasteiger partial charge on any atom is 0.397 e. The Hall–Kier alpha value is -1.18. The Morgan fingerprint density at radius 3 is 1.88 bits per heavy atom. The fourth-order valence-corrected chi connectivity index (χ4v) is 5.33. The van der Waals surface area contributed by atoms with Gasteiger partial charge in [0.15, 0.2) is 18.9 Å². The van der Waals surface area contributed by atoms with Crippen molar-refractivity contribution >= 4 is 16.3 Å². The van der Waals surface area contributed by atoms with Crippen molar-refractivity contribution in [3.8, 4) is 0 Å². The summed E-state index contributed by atoms with van der Waals surface area (Å²) in [5.74, 6) is -0.622. The van der Waals surface area contributed by atoms with E-state index in [-0.39, 0.29) is 0 Å². The number of carbonyl (C=O) groups is 1. The second kappa shape index (κ2) is 14.1. The average molecular weight is 624 g/mol. The number of hydrogen-bond acceptors (Lipinski definition) is 17. The Bertz CT molecular complexity index is 972. The van der Waals surface area contributed by atoms with Crippen LogP contribution in [0.4, 0.5) is 0 Å². The molecule has 0 radical (unpaired) electrons. The number of aliphatic hydroxyl groups is 7. The van der Waals surface area contributed by atoms with Crippen molar-refractivity contribution in [2.45, 2.75) is 106 Å². The first-order chi connectivity index (χ1) is 19.1. The van der Waals surface area contributed by atoms with Crippen molar-refractivity contribution in [3.63, 3.8) is 0 Å². The van der Waals surface area contributed by atoms with Gasteiger partial charge in [-0.25, -0.2) is 4.18 Å². The van der Waals surface area contributed by atoms with Crippen molar-refractivity contribution < 1.29 is 86.1 Å². The Labute approximate surface area is 234 Å². The van der Waals surface area contributed by atoms with E-state index in [1.807, 2.05) is 0 Å². The van der Waals surface area contributed by atoms with E-state index in [9.17, 15) is 49.0 Å². The fourth-order valence-electron chi connectivity index (χ4n) is 4.82. The monoisotopic (exact) mass is 623 g/mol. The molecule has 0 bridgehead atoms. The zero-order valence-electron chi connectivity index (χ0n) is 22.1. The van der Waals surface area contributed by atoms with Crippen molar-refractivity contribution in [1.82, 2.24) is 5.32 Å². The molecule has 9 N–H and O–H groups in total. The lowest BCUT2D eigenvalue weighted by atomic mass is 9.94. The van der Waals surface area contributed by atoms with Crippen LogP contribution in [0.1, 0.15) is 13.8 Å². The molecule has 240 valence electrons. The third-order valence-corrected chi connectivity index (χ3v) is 7.34. The molecule has 15 atom stereocenters. The van der Waals surface area contributed by atoms with Crippen molar-refractivity contribution in [3.05, 3.63) is 0 Å². The molecule has 3 saturated heterocycles. The van der Waals surface area contributed by atoms with Gasteiger partial charge in [0.25, 0.3) is 0 Å². The summed E-state index contributed by atoms with van der Waals surface area (Å²) in [5, 5.41) is 74.2. The Morgan fingerprint density at radius 1 is 0.780 bits per heavy atom. The van der Waals surface area contributed by atoms with Gasteiger partial charge in [-0.1, -0.05) is 0 Å². The summed E-state index contributed by atoms with van der Waals surface area (Å²) in [6, 6.07) is -1.29. The third kappa shape index (κ3) is 7.86. The molecular formula is C21H37NO18S. The molecular weight excluding hydrogens is 586 g/mol. The largest absolute Gasteiger partial charge is 0.397 e. The minimum atomic E-state index is -5.23.